The maximum atomic E-state index is 12.6. The molecular formula is C14H21NO5S. The molecule has 0 aromatic heterocycles. The first-order chi connectivity index (χ1) is 9.87. The fourth-order valence-electron chi connectivity index (χ4n) is 2.64. The van der Waals surface area contributed by atoms with Crippen molar-refractivity contribution in [2.24, 2.45) is 0 Å². The molecule has 0 heterocycles. The maximum absolute atomic E-state index is 12.6. The lowest BCUT2D eigenvalue weighted by atomic mass is 9.90. The summed E-state index contributed by atoms with van der Waals surface area (Å²) in [6, 6.07) is 5.58. The molecule has 1 aromatic rings. The van der Waals surface area contributed by atoms with Crippen molar-refractivity contribution in [2.45, 2.75) is 42.4 Å². The van der Waals surface area contributed by atoms with Gasteiger partial charge in [0.15, 0.2) is 0 Å². The minimum absolute atomic E-state index is 0.108. The molecule has 0 spiro atoms. The third-order valence-corrected chi connectivity index (χ3v) is 5.85. The number of benzene rings is 1. The standard InChI is InChI=1S/C14H21NO5S/c1-15(12-7-4-8-13(16)14(12)17)21(18,19)11-6-3-5-10(9-11)20-2/h3,5-6,9,12-14,16-17H,4,7-8H2,1-2H3/t12-,13-,14-/m1/s1. The molecule has 0 unspecified atom stereocenters. The number of hydrogen-bond acceptors (Lipinski definition) is 5. The number of ether oxygens (including phenoxy) is 1. The zero-order valence-corrected chi connectivity index (χ0v) is 13.0. The number of aliphatic hydroxyl groups is 2. The summed E-state index contributed by atoms with van der Waals surface area (Å²) in [4.78, 5) is 0.108. The molecule has 1 aliphatic rings. The summed E-state index contributed by atoms with van der Waals surface area (Å²) < 4.78 is 31.4. The fourth-order valence-corrected chi connectivity index (χ4v) is 4.07. The second kappa shape index (κ2) is 6.31. The van der Waals surface area contributed by atoms with Crippen LogP contribution in [0, 0.1) is 0 Å². The summed E-state index contributed by atoms with van der Waals surface area (Å²) in [6.07, 6.45) is -0.250. The molecule has 0 saturated heterocycles. The average Bonchev–Trinajstić information content (AvgIpc) is 2.49. The quantitative estimate of drug-likeness (QED) is 0.849. The molecule has 1 saturated carbocycles. The lowest BCUT2D eigenvalue weighted by molar-refractivity contribution is -0.0433. The largest absolute Gasteiger partial charge is 0.497 e. The van der Waals surface area contributed by atoms with Crippen LogP contribution in [0.2, 0.25) is 0 Å². The van der Waals surface area contributed by atoms with E-state index >= 15 is 0 Å². The Bertz CT molecular complexity index is 589. The highest BCUT2D eigenvalue weighted by atomic mass is 32.2. The number of nitrogens with zero attached hydrogens (tertiary/aromatic N) is 1. The molecule has 1 aliphatic carbocycles. The summed E-state index contributed by atoms with van der Waals surface area (Å²) in [6.45, 7) is 0. The Morgan fingerprint density at radius 2 is 2.00 bits per heavy atom. The van der Waals surface area contributed by atoms with Gasteiger partial charge in [0.1, 0.15) is 5.75 Å². The first-order valence-corrected chi connectivity index (χ1v) is 8.30. The highest BCUT2D eigenvalue weighted by Crippen LogP contribution is 2.28. The Labute approximate surface area is 125 Å². The van der Waals surface area contributed by atoms with Gasteiger partial charge >= 0.3 is 0 Å². The van der Waals surface area contributed by atoms with E-state index in [4.69, 9.17) is 4.74 Å². The second-order valence-corrected chi connectivity index (χ2v) is 7.25. The topological polar surface area (TPSA) is 87.1 Å². The van der Waals surface area contributed by atoms with Crippen molar-refractivity contribution in [3.05, 3.63) is 24.3 Å². The predicted molar refractivity (Wildman–Crippen MR) is 77.6 cm³/mol. The first kappa shape index (κ1) is 16.2. The molecule has 0 amide bonds. The minimum Gasteiger partial charge on any atom is -0.497 e. The SMILES string of the molecule is COc1cccc(S(=O)(=O)N(C)[C@@H]2CCC[C@@H](O)[C@@H]2O)c1. The van der Waals surface area contributed by atoms with Gasteiger partial charge in [-0.25, -0.2) is 8.42 Å². The number of rotatable bonds is 4. The van der Waals surface area contributed by atoms with Crippen LogP contribution in [-0.2, 0) is 10.0 Å². The van der Waals surface area contributed by atoms with Crippen LogP contribution in [0.25, 0.3) is 0 Å². The zero-order valence-electron chi connectivity index (χ0n) is 12.1. The summed E-state index contributed by atoms with van der Waals surface area (Å²) in [5.74, 6) is 0.453. The van der Waals surface area contributed by atoms with Crippen LogP contribution in [-0.4, -0.2) is 55.3 Å². The number of likely N-dealkylation sites (N-methyl/N-ethyl adjacent to an activating group) is 1. The smallest absolute Gasteiger partial charge is 0.243 e. The number of hydrogen-bond donors (Lipinski definition) is 2. The van der Waals surface area contributed by atoms with E-state index in [0.29, 0.717) is 25.0 Å². The van der Waals surface area contributed by atoms with E-state index in [9.17, 15) is 18.6 Å². The molecule has 0 radical (unpaired) electrons. The van der Waals surface area contributed by atoms with Crippen LogP contribution in [0.5, 0.6) is 5.75 Å². The molecule has 1 aromatic carbocycles. The molecule has 1 fully saturated rings. The van der Waals surface area contributed by atoms with Gasteiger partial charge in [0, 0.05) is 13.1 Å². The van der Waals surface area contributed by atoms with E-state index in [1.807, 2.05) is 0 Å². The van der Waals surface area contributed by atoms with Crippen molar-refractivity contribution >= 4 is 10.0 Å². The Morgan fingerprint density at radius 3 is 2.67 bits per heavy atom. The third-order valence-electron chi connectivity index (χ3n) is 3.97. The molecule has 0 bridgehead atoms. The first-order valence-electron chi connectivity index (χ1n) is 6.86. The molecule has 118 valence electrons. The fraction of sp³-hybridized carbons (Fsp3) is 0.571. The van der Waals surface area contributed by atoms with Crippen molar-refractivity contribution in [2.75, 3.05) is 14.2 Å². The summed E-state index contributed by atoms with van der Waals surface area (Å²) in [5.41, 5.74) is 0. The maximum Gasteiger partial charge on any atom is 0.243 e. The summed E-state index contributed by atoms with van der Waals surface area (Å²) >= 11 is 0. The molecule has 7 heteroatoms. The highest BCUT2D eigenvalue weighted by Gasteiger charge is 2.38. The summed E-state index contributed by atoms with van der Waals surface area (Å²) in [7, 11) is -0.845. The van der Waals surface area contributed by atoms with Gasteiger partial charge in [-0.15, -0.1) is 0 Å². The lowest BCUT2D eigenvalue weighted by Crippen LogP contribution is -2.51. The van der Waals surface area contributed by atoms with Crippen molar-refractivity contribution in [1.29, 1.82) is 0 Å². The number of aliphatic hydroxyl groups excluding tert-OH is 2. The van der Waals surface area contributed by atoms with E-state index < -0.39 is 28.3 Å². The van der Waals surface area contributed by atoms with Gasteiger partial charge in [0.25, 0.3) is 0 Å². The second-order valence-electron chi connectivity index (χ2n) is 5.26. The van der Waals surface area contributed by atoms with E-state index in [2.05, 4.69) is 0 Å². The molecule has 0 aliphatic heterocycles. The van der Waals surface area contributed by atoms with Crippen molar-refractivity contribution < 1.29 is 23.4 Å². The van der Waals surface area contributed by atoms with Crippen LogP contribution in [0.15, 0.2) is 29.2 Å². The van der Waals surface area contributed by atoms with Gasteiger partial charge in [0.05, 0.1) is 30.3 Å². The van der Waals surface area contributed by atoms with Crippen LogP contribution in [0.4, 0.5) is 0 Å². The Hall–Kier alpha value is -1.15. The molecule has 3 atom stereocenters. The number of methoxy groups -OCH3 is 1. The summed E-state index contributed by atoms with van der Waals surface area (Å²) in [5, 5.41) is 19.8. The van der Waals surface area contributed by atoms with Gasteiger partial charge in [-0.05, 0) is 31.4 Å². The van der Waals surface area contributed by atoms with Crippen molar-refractivity contribution in [3.8, 4) is 5.75 Å². The van der Waals surface area contributed by atoms with Crippen LogP contribution in [0.1, 0.15) is 19.3 Å². The predicted octanol–water partition coefficient (Wildman–Crippen LogP) is 0.590. The Balaban J connectivity index is 2.29. The van der Waals surface area contributed by atoms with Gasteiger partial charge in [-0.1, -0.05) is 6.07 Å². The average molecular weight is 315 g/mol. The van der Waals surface area contributed by atoms with Gasteiger partial charge < -0.3 is 14.9 Å². The van der Waals surface area contributed by atoms with E-state index in [1.54, 1.807) is 12.1 Å². The van der Waals surface area contributed by atoms with Crippen LogP contribution in [0.3, 0.4) is 0 Å². The van der Waals surface area contributed by atoms with E-state index in [-0.39, 0.29) is 4.90 Å². The Kier molecular flexibility index (Phi) is 4.88. The minimum atomic E-state index is -3.75. The molecule has 2 N–H and O–H groups in total. The van der Waals surface area contributed by atoms with Crippen LogP contribution >= 0.6 is 0 Å². The van der Waals surface area contributed by atoms with Gasteiger partial charge in [0.2, 0.25) is 10.0 Å². The zero-order chi connectivity index (χ0) is 15.6. The monoisotopic (exact) mass is 315 g/mol. The third kappa shape index (κ3) is 3.21. The molecular weight excluding hydrogens is 294 g/mol. The normalized spacial score (nSPS) is 26.8. The van der Waals surface area contributed by atoms with Crippen LogP contribution < -0.4 is 4.74 Å². The molecule has 2 rings (SSSR count). The number of sulfonamides is 1. The van der Waals surface area contributed by atoms with Gasteiger partial charge in [-0.3, -0.25) is 0 Å². The molecule has 6 nitrogen and oxygen atoms in total. The van der Waals surface area contributed by atoms with Gasteiger partial charge in [-0.2, -0.15) is 4.31 Å². The van der Waals surface area contributed by atoms with E-state index in [0.717, 1.165) is 4.31 Å². The highest BCUT2D eigenvalue weighted by molar-refractivity contribution is 7.89. The lowest BCUT2D eigenvalue weighted by Gasteiger charge is -2.37. The van der Waals surface area contributed by atoms with Crippen molar-refractivity contribution in [3.63, 3.8) is 0 Å². The molecule has 21 heavy (non-hydrogen) atoms. The van der Waals surface area contributed by atoms with E-state index in [1.165, 1.54) is 26.3 Å². The Morgan fingerprint density at radius 1 is 1.29 bits per heavy atom. The van der Waals surface area contributed by atoms with Crippen molar-refractivity contribution in [1.82, 2.24) is 4.31 Å².